The van der Waals surface area contributed by atoms with Gasteiger partial charge in [0.05, 0.1) is 23.7 Å². The first kappa shape index (κ1) is 17.7. The Bertz CT molecular complexity index is 1030. The van der Waals surface area contributed by atoms with E-state index >= 15 is 0 Å². The van der Waals surface area contributed by atoms with Crippen molar-refractivity contribution in [3.63, 3.8) is 0 Å². The summed E-state index contributed by atoms with van der Waals surface area (Å²) in [6.45, 7) is 0.684. The first-order chi connectivity index (χ1) is 13.0. The molecule has 2 amide bonds. The minimum absolute atomic E-state index is 0.111. The summed E-state index contributed by atoms with van der Waals surface area (Å²) >= 11 is 5.78. The van der Waals surface area contributed by atoms with Gasteiger partial charge < -0.3 is 10.3 Å². The number of amides is 2. The molecule has 27 heavy (non-hydrogen) atoms. The SMILES string of the molecule is O=C1C[C@@H]([NH2+]CCc2c[nH]c3ccccc23)C(=O)N1c1ccc(F)c(Cl)c1. The van der Waals surface area contributed by atoms with E-state index in [-0.39, 0.29) is 23.3 Å². The van der Waals surface area contributed by atoms with Crippen LogP contribution in [0.15, 0.2) is 48.7 Å². The van der Waals surface area contributed by atoms with Gasteiger partial charge in [-0.1, -0.05) is 29.8 Å². The summed E-state index contributed by atoms with van der Waals surface area (Å²) in [6, 6.07) is 11.5. The van der Waals surface area contributed by atoms with Crippen LogP contribution in [0.2, 0.25) is 5.02 Å². The predicted octanol–water partition coefficient (Wildman–Crippen LogP) is 2.40. The maximum Gasteiger partial charge on any atom is 0.292 e. The van der Waals surface area contributed by atoms with Crippen LogP contribution in [0.25, 0.3) is 10.9 Å². The maximum atomic E-state index is 13.3. The van der Waals surface area contributed by atoms with E-state index in [2.05, 4.69) is 11.1 Å². The molecule has 0 radical (unpaired) electrons. The van der Waals surface area contributed by atoms with Crippen molar-refractivity contribution in [3.05, 3.63) is 65.1 Å². The van der Waals surface area contributed by atoms with Crippen molar-refractivity contribution in [1.29, 1.82) is 0 Å². The lowest BCUT2D eigenvalue weighted by Crippen LogP contribution is -2.92. The van der Waals surface area contributed by atoms with Gasteiger partial charge in [0.2, 0.25) is 5.91 Å². The fourth-order valence-corrected chi connectivity index (χ4v) is 3.69. The number of anilines is 1. The normalized spacial score (nSPS) is 17.3. The van der Waals surface area contributed by atoms with Crippen LogP contribution in [-0.4, -0.2) is 29.4 Å². The number of hydrogen-bond acceptors (Lipinski definition) is 2. The quantitative estimate of drug-likeness (QED) is 0.661. The minimum Gasteiger partial charge on any atom is -0.361 e. The zero-order chi connectivity index (χ0) is 19.0. The second-order valence-electron chi connectivity index (χ2n) is 6.61. The highest BCUT2D eigenvalue weighted by atomic mass is 35.5. The van der Waals surface area contributed by atoms with Crippen LogP contribution in [0, 0.1) is 5.82 Å². The summed E-state index contributed by atoms with van der Waals surface area (Å²) in [6.07, 6.45) is 2.89. The Hall–Kier alpha value is -2.70. The van der Waals surface area contributed by atoms with E-state index in [1.54, 1.807) is 0 Å². The highest BCUT2D eigenvalue weighted by Gasteiger charge is 2.42. The van der Waals surface area contributed by atoms with Crippen molar-refractivity contribution in [2.45, 2.75) is 18.9 Å². The van der Waals surface area contributed by atoms with Gasteiger partial charge in [0.15, 0.2) is 6.04 Å². The molecule has 0 spiro atoms. The number of rotatable bonds is 5. The summed E-state index contributed by atoms with van der Waals surface area (Å²) in [7, 11) is 0. The lowest BCUT2D eigenvalue weighted by molar-refractivity contribution is -0.674. The van der Waals surface area contributed by atoms with Crippen molar-refractivity contribution in [3.8, 4) is 0 Å². The van der Waals surface area contributed by atoms with E-state index in [1.165, 1.54) is 23.1 Å². The topological polar surface area (TPSA) is 69.8 Å². The largest absolute Gasteiger partial charge is 0.361 e. The number of halogens is 2. The van der Waals surface area contributed by atoms with Crippen LogP contribution in [0.3, 0.4) is 0 Å². The molecule has 1 atom stereocenters. The number of nitrogens with one attached hydrogen (secondary N) is 1. The number of benzene rings is 2. The molecule has 138 valence electrons. The molecule has 1 aliphatic heterocycles. The van der Waals surface area contributed by atoms with Gasteiger partial charge in [0, 0.05) is 23.5 Å². The molecule has 1 aliphatic rings. The predicted molar refractivity (Wildman–Crippen MR) is 101 cm³/mol. The number of hydrogen-bond donors (Lipinski definition) is 2. The van der Waals surface area contributed by atoms with Gasteiger partial charge in [-0.05, 0) is 29.8 Å². The van der Waals surface area contributed by atoms with Crippen molar-refractivity contribution in [1.82, 2.24) is 4.98 Å². The summed E-state index contributed by atoms with van der Waals surface area (Å²) in [5.74, 6) is -1.17. The molecule has 1 aromatic heterocycles. The van der Waals surface area contributed by atoms with Crippen LogP contribution < -0.4 is 10.2 Å². The summed E-state index contributed by atoms with van der Waals surface area (Å²) in [4.78, 5) is 29.3. The Labute approximate surface area is 160 Å². The van der Waals surface area contributed by atoms with Gasteiger partial charge in [-0.2, -0.15) is 0 Å². The van der Waals surface area contributed by atoms with E-state index in [1.807, 2.05) is 29.7 Å². The van der Waals surface area contributed by atoms with Crippen LogP contribution in [0.5, 0.6) is 0 Å². The second kappa shape index (κ2) is 7.13. The third kappa shape index (κ3) is 3.34. The number of imide groups is 1. The average molecular weight is 387 g/mol. The number of nitrogens with two attached hydrogens (primary N) is 1. The molecule has 0 bridgehead atoms. The van der Waals surface area contributed by atoms with Gasteiger partial charge in [0.1, 0.15) is 5.82 Å². The van der Waals surface area contributed by atoms with Gasteiger partial charge in [-0.15, -0.1) is 0 Å². The fourth-order valence-electron chi connectivity index (χ4n) is 3.51. The van der Waals surface area contributed by atoms with Crippen molar-refractivity contribution >= 4 is 40.0 Å². The summed E-state index contributed by atoms with van der Waals surface area (Å²) in [5, 5.41) is 2.95. The van der Waals surface area contributed by atoms with Gasteiger partial charge >= 0.3 is 0 Å². The average Bonchev–Trinajstić information content (AvgIpc) is 3.19. The molecular weight excluding hydrogens is 369 g/mol. The number of nitrogens with zero attached hydrogens (tertiary/aromatic N) is 1. The molecule has 7 heteroatoms. The number of aromatic amines is 1. The molecule has 3 aromatic rings. The van der Waals surface area contributed by atoms with Gasteiger partial charge in [0.25, 0.3) is 5.91 Å². The number of fused-ring (bicyclic) bond motifs is 1. The fraction of sp³-hybridized carbons (Fsp3) is 0.200. The lowest BCUT2D eigenvalue weighted by atomic mass is 10.1. The smallest absolute Gasteiger partial charge is 0.292 e. The second-order valence-corrected chi connectivity index (χ2v) is 7.02. The molecule has 0 unspecified atom stereocenters. The molecule has 4 rings (SSSR count). The number of aromatic nitrogens is 1. The molecule has 3 N–H and O–H groups in total. The van der Waals surface area contributed by atoms with E-state index in [9.17, 15) is 14.0 Å². The van der Waals surface area contributed by atoms with E-state index in [4.69, 9.17) is 11.6 Å². The first-order valence-electron chi connectivity index (χ1n) is 8.75. The van der Waals surface area contributed by atoms with Crippen LogP contribution in [-0.2, 0) is 16.0 Å². The Kier molecular flexibility index (Phi) is 4.68. The molecule has 1 fully saturated rings. The molecule has 2 heterocycles. The standard InChI is InChI=1S/C20H17ClFN3O2/c21-15-9-13(5-6-16(15)22)25-19(26)10-18(20(25)27)23-8-7-12-11-24-17-4-2-1-3-14(12)17/h1-6,9,11,18,23-24H,7-8,10H2/p+1/t18-/m1/s1. The number of carbonyl (C=O) groups excluding carboxylic acids is 2. The number of quaternary nitrogens is 1. The third-order valence-corrected chi connectivity index (χ3v) is 5.17. The Morgan fingerprint density at radius 2 is 2.04 bits per heavy atom. The maximum absolute atomic E-state index is 13.3. The van der Waals surface area contributed by atoms with Crippen LogP contribution >= 0.6 is 11.6 Å². The highest BCUT2D eigenvalue weighted by molar-refractivity contribution is 6.31. The van der Waals surface area contributed by atoms with E-state index in [0.717, 1.165) is 22.9 Å². The summed E-state index contributed by atoms with van der Waals surface area (Å²) in [5.41, 5.74) is 2.57. The van der Waals surface area contributed by atoms with Crippen LogP contribution in [0.1, 0.15) is 12.0 Å². The highest BCUT2D eigenvalue weighted by Crippen LogP contribution is 2.26. The Balaban J connectivity index is 1.42. The number of carbonyl (C=O) groups is 2. The van der Waals surface area contributed by atoms with Crippen molar-refractivity contribution in [2.24, 2.45) is 0 Å². The van der Waals surface area contributed by atoms with Crippen molar-refractivity contribution in [2.75, 3.05) is 11.4 Å². The zero-order valence-corrected chi connectivity index (χ0v) is 15.2. The third-order valence-electron chi connectivity index (χ3n) is 4.88. The summed E-state index contributed by atoms with van der Waals surface area (Å²) < 4.78 is 13.3. The van der Waals surface area contributed by atoms with Gasteiger partial charge in [-0.3, -0.25) is 9.59 Å². The molecule has 2 aromatic carbocycles. The van der Waals surface area contributed by atoms with E-state index in [0.29, 0.717) is 12.2 Å². The zero-order valence-electron chi connectivity index (χ0n) is 14.4. The van der Waals surface area contributed by atoms with Gasteiger partial charge in [-0.25, -0.2) is 9.29 Å². The number of H-pyrrole nitrogens is 1. The molecular formula is C20H18ClFN3O2+. The van der Waals surface area contributed by atoms with Crippen molar-refractivity contribution < 1.29 is 19.3 Å². The van der Waals surface area contributed by atoms with E-state index < -0.39 is 11.9 Å². The Morgan fingerprint density at radius 3 is 2.85 bits per heavy atom. The van der Waals surface area contributed by atoms with Crippen LogP contribution in [0.4, 0.5) is 10.1 Å². The molecule has 1 saturated heterocycles. The molecule has 5 nitrogen and oxygen atoms in total. The Morgan fingerprint density at radius 1 is 1.22 bits per heavy atom. The number of para-hydroxylation sites is 1. The lowest BCUT2D eigenvalue weighted by Gasteiger charge is -2.14. The molecule has 0 aliphatic carbocycles. The molecule has 0 saturated carbocycles. The first-order valence-corrected chi connectivity index (χ1v) is 9.12. The minimum atomic E-state index is -0.582. The monoisotopic (exact) mass is 386 g/mol.